The lowest BCUT2D eigenvalue weighted by Crippen LogP contribution is -2.26. The molecule has 1 fully saturated rings. The number of nitrogens with zero attached hydrogens (tertiary/aromatic N) is 2. The van der Waals surface area contributed by atoms with E-state index < -0.39 is 0 Å². The molecule has 0 aromatic carbocycles. The van der Waals surface area contributed by atoms with Crippen molar-refractivity contribution in [3.8, 4) is 0 Å². The smallest absolute Gasteiger partial charge is 0.271 e. The number of rotatable bonds is 7. The second-order valence-corrected chi connectivity index (χ2v) is 4.86. The third kappa shape index (κ3) is 4.86. The van der Waals surface area contributed by atoms with E-state index in [-0.39, 0.29) is 12.0 Å². The van der Waals surface area contributed by atoms with Crippen LogP contribution in [0.4, 0.5) is 0 Å². The van der Waals surface area contributed by atoms with Crippen molar-refractivity contribution in [3.05, 3.63) is 23.8 Å². The number of nitrogens with one attached hydrogen (secondary N) is 1. The minimum atomic E-state index is -0.198. The quantitative estimate of drug-likeness (QED) is 0.757. The number of hydrogen-bond acceptors (Lipinski definition) is 5. The molecule has 2 heterocycles. The fourth-order valence-electron chi connectivity index (χ4n) is 1.97. The first-order chi connectivity index (χ1) is 9.75. The van der Waals surface area contributed by atoms with Crippen LogP contribution in [-0.2, 0) is 9.47 Å². The molecule has 1 atom stereocenters. The number of carbonyl (C=O) groups excluding carboxylic acids is 1. The Balaban J connectivity index is 1.54. The van der Waals surface area contributed by atoms with Gasteiger partial charge in [0.15, 0.2) is 0 Å². The van der Waals surface area contributed by atoms with Crippen molar-refractivity contribution in [3.63, 3.8) is 0 Å². The summed E-state index contributed by atoms with van der Waals surface area (Å²) < 4.78 is 11.0. The summed E-state index contributed by atoms with van der Waals surface area (Å²) >= 11 is 0. The van der Waals surface area contributed by atoms with Crippen LogP contribution in [0, 0.1) is 6.92 Å². The SMILES string of the molecule is Cc1cnc(C(=O)NCCCOCC2CCCO2)cn1. The summed E-state index contributed by atoms with van der Waals surface area (Å²) in [6.45, 7) is 4.53. The largest absolute Gasteiger partial charge is 0.379 e. The number of amides is 1. The Morgan fingerprint density at radius 2 is 2.40 bits per heavy atom. The maximum absolute atomic E-state index is 11.7. The maximum Gasteiger partial charge on any atom is 0.271 e. The molecule has 0 radical (unpaired) electrons. The van der Waals surface area contributed by atoms with Crippen LogP contribution in [0.5, 0.6) is 0 Å². The number of ether oxygens (including phenoxy) is 2. The van der Waals surface area contributed by atoms with E-state index in [0.717, 1.165) is 31.6 Å². The van der Waals surface area contributed by atoms with Crippen molar-refractivity contribution >= 4 is 5.91 Å². The Bertz CT molecular complexity index is 416. The molecule has 6 heteroatoms. The molecular formula is C14H21N3O3. The summed E-state index contributed by atoms with van der Waals surface area (Å²) in [5, 5.41) is 2.79. The zero-order valence-electron chi connectivity index (χ0n) is 11.8. The van der Waals surface area contributed by atoms with Crippen molar-refractivity contribution < 1.29 is 14.3 Å². The first-order valence-electron chi connectivity index (χ1n) is 7.02. The van der Waals surface area contributed by atoms with Crippen LogP contribution in [0.15, 0.2) is 12.4 Å². The molecule has 1 aromatic rings. The molecule has 1 amide bonds. The Kier molecular flexibility index (Phi) is 5.88. The highest BCUT2D eigenvalue weighted by atomic mass is 16.5. The summed E-state index contributed by atoms with van der Waals surface area (Å²) in [7, 11) is 0. The first kappa shape index (κ1) is 14.9. The fraction of sp³-hybridized carbons (Fsp3) is 0.643. The molecule has 1 aliphatic rings. The molecule has 0 aliphatic carbocycles. The van der Waals surface area contributed by atoms with Gasteiger partial charge in [0.1, 0.15) is 5.69 Å². The van der Waals surface area contributed by atoms with Gasteiger partial charge >= 0.3 is 0 Å². The summed E-state index contributed by atoms with van der Waals surface area (Å²) in [6.07, 6.45) is 6.31. The zero-order valence-corrected chi connectivity index (χ0v) is 11.8. The molecule has 1 aromatic heterocycles. The summed E-state index contributed by atoms with van der Waals surface area (Å²) in [6, 6.07) is 0. The first-order valence-corrected chi connectivity index (χ1v) is 7.02. The second-order valence-electron chi connectivity index (χ2n) is 4.86. The lowest BCUT2D eigenvalue weighted by molar-refractivity contribution is 0.0166. The third-order valence-corrected chi connectivity index (χ3v) is 3.09. The molecule has 1 N–H and O–H groups in total. The number of aryl methyl sites for hydroxylation is 1. The molecule has 0 spiro atoms. The van der Waals surface area contributed by atoms with E-state index in [1.807, 2.05) is 6.92 Å². The topological polar surface area (TPSA) is 73.3 Å². The van der Waals surface area contributed by atoms with E-state index in [2.05, 4.69) is 15.3 Å². The molecule has 2 rings (SSSR count). The van der Waals surface area contributed by atoms with E-state index in [4.69, 9.17) is 9.47 Å². The van der Waals surface area contributed by atoms with E-state index in [1.165, 1.54) is 6.20 Å². The van der Waals surface area contributed by atoms with Crippen molar-refractivity contribution in [2.45, 2.75) is 32.3 Å². The van der Waals surface area contributed by atoms with Crippen LogP contribution in [0.25, 0.3) is 0 Å². The zero-order chi connectivity index (χ0) is 14.2. The molecule has 1 unspecified atom stereocenters. The van der Waals surface area contributed by atoms with Crippen molar-refractivity contribution in [1.82, 2.24) is 15.3 Å². The van der Waals surface area contributed by atoms with Gasteiger partial charge in [-0.25, -0.2) is 4.98 Å². The highest BCUT2D eigenvalue weighted by Gasteiger charge is 2.14. The normalized spacial score (nSPS) is 18.1. The van der Waals surface area contributed by atoms with Gasteiger partial charge in [-0.15, -0.1) is 0 Å². The Hall–Kier alpha value is -1.53. The van der Waals surface area contributed by atoms with Gasteiger partial charge in [0.05, 0.1) is 24.6 Å². The Labute approximate surface area is 118 Å². The molecule has 1 aliphatic heterocycles. The number of hydrogen-bond donors (Lipinski definition) is 1. The van der Waals surface area contributed by atoms with Gasteiger partial charge in [-0.2, -0.15) is 0 Å². The van der Waals surface area contributed by atoms with E-state index in [9.17, 15) is 4.79 Å². The molecule has 0 bridgehead atoms. The molecule has 0 saturated carbocycles. The highest BCUT2D eigenvalue weighted by Crippen LogP contribution is 2.11. The lowest BCUT2D eigenvalue weighted by Gasteiger charge is -2.10. The van der Waals surface area contributed by atoms with Crippen LogP contribution in [0.1, 0.15) is 35.4 Å². The van der Waals surface area contributed by atoms with Crippen LogP contribution in [-0.4, -0.2) is 48.3 Å². The molecule has 20 heavy (non-hydrogen) atoms. The third-order valence-electron chi connectivity index (χ3n) is 3.09. The summed E-state index contributed by atoms with van der Waals surface area (Å²) in [4.78, 5) is 19.8. The van der Waals surface area contributed by atoms with Crippen molar-refractivity contribution in [2.75, 3.05) is 26.4 Å². The van der Waals surface area contributed by atoms with Gasteiger partial charge in [0, 0.05) is 26.0 Å². The highest BCUT2D eigenvalue weighted by molar-refractivity contribution is 5.91. The van der Waals surface area contributed by atoms with Crippen LogP contribution >= 0.6 is 0 Å². The van der Waals surface area contributed by atoms with Gasteiger partial charge in [0.25, 0.3) is 5.91 Å². The molecular weight excluding hydrogens is 258 g/mol. The van der Waals surface area contributed by atoms with Gasteiger partial charge in [0.2, 0.25) is 0 Å². The van der Waals surface area contributed by atoms with Gasteiger partial charge < -0.3 is 14.8 Å². The Morgan fingerprint density at radius 3 is 3.10 bits per heavy atom. The number of aromatic nitrogens is 2. The minimum Gasteiger partial charge on any atom is -0.379 e. The van der Waals surface area contributed by atoms with Crippen molar-refractivity contribution in [1.29, 1.82) is 0 Å². The van der Waals surface area contributed by atoms with E-state index in [0.29, 0.717) is 25.5 Å². The summed E-state index contributed by atoms with van der Waals surface area (Å²) in [5.41, 5.74) is 1.14. The molecule has 1 saturated heterocycles. The van der Waals surface area contributed by atoms with Crippen LogP contribution in [0.2, 0.25) is 0 Å². The maximum atomic E-state index is 11.7. The van der Waals surface area contributed by atoms with Gasteiger partial charge in [-0.3, -0.25) is 9.78 Å². The van der Waals surface area contributed by atoms with E-state index in [1.54, 1.807) is 6.20 Å². The lowest BCUT2D eigenvalue weighted by atomic mass is 10.2. The average Bonchev–Trinajstić information content (AvgIpc) is 2.96. The Morgan fingerprint density at radius 1 is 1.50 bits per heavy atom. The predicted molar refractivity (Wildman–Crippen MR) is 73.5 cm³/mol. The minimum absolute atomic E-state index is 0.198. The van der Waals surface area contributed by atoms with E-state index >= 15 is 0 Å². The molecule has 110 valence electrons. The predicted octanol–water partition coefficient (Wildman–Crippen LogP) is 1.10. The standard InChI is InChI=1S/C14H21N3O3/c1-11-8-17-13(9-16-11)14(18)15-5-3-6-19-10-12-4-2-7-20-12/h8-9,12H,2-7,10H2,1H3,(H,15,18). The average molecular weight is 279 g/mol. The fourth-order valence-corrected chi connectivity index (χ4v) is 1.97. The molecule has 6 nitrogen and oxygen atoms in total. The number of carbonyl (C=O) groups is 1. The summed E-state index contributed by atoms with van der Waals surface area (Å²) in [5.74, 6) is -0.198. The second kappa shape index (κ2) is 7.91. The van der Waals surface area contributed by atoms with Gasteiger partial charge in [-0.05, 0) is 26.2 Å². The van der Waals surface area contributed by atoms with Crippen molar-refractivity contribution in [2.24, 2.45) is 0 Å². The van der Waals surface area contributed by atoms with Gasteiger partial charge in [-0.1, -0.05) is 0 Å². The van der Waals surface area contributed by atoms with Crippen LogP contribution < -0.4 is 5.32 Å². The van der Waals surface area contributed by atoms with Crippen LogP contribution in [0.3, 0.4) is 0 Å². The monoisotopic (exact) mass is 279 g/mol.